The van der Waals surface area contributed by atoms with Gasteiger partial charge < -0.3 is 20.4 Å². The predicted molar refractivity (Wildman–Crippen MR) is 141 cm³/mol. The number of aromatic amines is 1. The van der Waals surface area contributed by atoms with E-state index in [1.165, 1.54) is 6.92 Å². The minimum absolute atomic E-state index is 0.158. The zero-order chi connectivity index (χ0) is 26.9. The largest absolute Gasteiger partial charge is 0.467 e. The van der Waals surface area contributed by atoms with Gasteiger partial charge in [-0.15, -0.1) is 0 Å². The van der Waals surface area contributed by atoms with E-state index in [2.05, 4.69) is 20.6 Å². The zero-order valence-corrected chi connectivity index (χ0v) is 20.5. The Balaban J connectivity index is 1.66. The molecule has 38 heavy (non-hydrogen) atoms. The summed E-state index contributed by atoms with van der Waals surface area (Å²) in [4.78, 5) is 62.8. The summed E-state index contributed by atoms with van der Waals surface area (Å²) in [6.45, 7) is 1.38. The Labute approximate surface area is 217 Å². The highest BCUT2D eigenvalue weighted by Crippen LogP contribution is 2.41. The number of amides is 2. The number of hydrogen-bond donors (Lipinski definition) is 3. The van der Waals surface area contributed by atoms with Gasteiger partial charge in [-0.1, -0.05) is 48.5 Å². The molecule has 190 valence electrons. The topological polar surface area (TPSA) is 133 Å². The lowest BCUT2D eigenvalue weighted by molar-refractivity contribution is -0.146. The van der Waals surface area contributed by atoms with Crippen molar-refractivity contribution >= 4 is 51.9 Å². The van der Waals surface area contributed by atoms with Crippen molar-refractivity contribution in [1.82, 2.24) is 9.97 Å². The third kappa shape index (κ3) is 4.07. The van der Waals surface area contributed by atoms with E-state index in [-0.39, 0.29) is 17.2 Å². The van der Waals surface area contributed by atoms with E-state index in [0.29, 0.717) is 22.4 Å². The molecule has 1 aliphatic rings. The van der Waals surface area contributed by atoms with E-state index in [9.17, 15) is 19.2 Å². The molecule has 0 bridgehead atoms. The molecule has 0 saturated carbocycles. The molecule has 0 radical (unpaired) electrons. The van der Waals surface area contributed by atoms with Crippen molar-refractivity contribution in [1.29, 1.82) is 0 Å². The van der Waals surface area contributed by atoms with Crippen molar-refractivity contribution in [3.8, 4) is 0 Å². The van der Waals surface area contributed by atoms with Crippen molar-refractivity contribution < 1.29 is 23.9 Å². The normalized spacial score (nSPS) is 17.0. The number of nitrogens with one attached hydrogen (secondary N) is 3. The summed E-state index contributed by atoms with van der Waals surface area (Å²) in [5, 5.41) is 5.41. The van der Waals surface area contributed by atoms with Crippen LogP contribution in [0, 0.1) is 0 Å². The molecule has 1 atom stereocenters. The lowest BCUT2D eigenvalue weighted by Crippen LogP contribution is -2.55. The number of imidazole rings is 1. The number of H-pyrrole nitrogens is 1. The number of fused-ring (bicyclic) bond motifs is 1. The summed E-state index contributed by atoms with van der Waals surface area (Å²) in [6.07, 6.45) is 0. The second-order valence-electron chi connectivity index (χ2n) is 8.67. The quantitative estimate of drug-likeness (QED) is 0.257. The molecule has 3 N–H and O–H groups in total. The smallest absolute Gasteiger partial charge is 0.336 e. The Hall–Kier alpha value is -5.25. The fraction of sp³-hybridized carbons (Fsp3) is 0.107. The molecule has 0 unspecified atom stereocenters. The second kappa shape index (κ2) is 9.66. The number of carbonyl (C=O) groups excluding carboxylic acids is 4. The van der Waals surface area contributed by atoms with Crippen LogP contribution in [-0.4, -0.2) is 46.2 Å². The number of Topliss-reactive ketones (excluding diaryl/α,β-unsaturated/α-hetero) is 1. The number of para-hydroxylation sites is 4. The minimum atomic E-state index is -1.97. The van der Waals surface area contributed by atoms with Crippen LogP contribution in [0.4, 0.5) is 17.3 Å². The average Bonchev–Trinajstić information content (AvgIpc) is 3.44. The summed E-state index contributed by atoms with van der Waals surface area (Å²) >= 11 is 0. The molecule has 1 aromatic heterocycles. The highest BCUT2D eigenvalue weighted by Gasteiger charge is 2.58. The van der Waals surface area contributed by atoms with E-state index in [1.54, 1.807) is 78.9 Å². The average molecular weight is 510 g/mol. The van der Waals surface area contributed by atoms with Gasteiger partial charge >= 0.3 is 5.97 Å². The van der Waals surface area contributed by atoms with Crippen molar-refractivity contribution in [3.63, 3.8) is 0 Å². The number of hydrogen-bond acceptors (Lipinski definition) is 7. The molecule has 10 nitrogen and oxygen atoms in total. The molecule has 10 heteroatoms. The highest BCUT2D eigenvalue weighted by atomic mass is 16.5. The SMILES string of the molecule is COC(=O)[C@]1(C)C(C(=O)C(=O)Nc2ccccc2)=C(Nc2nc3ccccc3[nH]2)C(=O)N1c1ccccc1. The summed E-state index contributed by atoms with van der Waals surface area (Å²) in [6, 6.07) is 23.9. The van der Waals surface area contributed by atoms with Crippen LogP contribution in [-0.2, 0) is 23.9 Å². The third-order valence-corrected chi connectivity index (χ3v) is 6.30. The molecule has 3 aromatic carbocycles. The van der Waals surface area contributed by atoms with E-state index < -0.39 is 29.1 Å². The summed E-state index contributed by atoms with van der Waals surface area (Å²) in [5.41, 5.74) is -0.589. The molecule has 0 spiro atoms. The maximum atomic E-state index is 13.9. The zero-order valence-electron chi connectivity index (χ0n) is 20.5. The van der Waals surface area contributed by atoms with Gasteiger partial charge in [0.15, 0.2) is 5.54 Å². The highest BCUT2D eigenvalue weighted by molar-refractivity contribution is 6.50. The van der Waals surface area contributed by atoms with Gasteiger partial charge in [0.1, 0.15) is 5.70 Å². The number of esters is 1. The fourth-order valence-corrected chi connectivity index (χ4v) is 4.53. The molecule has 0 saturated heterocycles. The first-order chi connectivity index (χ1) is 18.3. The molecule has 4 aromatic rings. The first-order valence-corrected chi connectivity index (χ1v) is 11.7. The van der Waals surface area contributed by atoms with E-state index >= 15 is 0 Å². The Morgan fingerprint density at radius 3 is 2.21 bits per heavy atom. The number of ketones is 1. The van der Waals surface area contributed by atoms with Crippen LogP contribution in [0.3, 0.4) is 0 Å². The molecule has 0 aliphatic carbocycles. The van der Waals surface area contributed by atoms with Gasteiger partial charge in [0.25, 0.3) is 17.6 Å². The van der Waals surface area contributed by atoms with Crippen molar-refractivity contribution in [2.75, 3.05) is 22.6 Å². The predicted octanol–water partition coefficient (Wildman–Crippen LogP) is 3.42. The minimum Gasteiger partial charge on any atom is -0.467 e. The Morgan fingerprint density at radius 1 is 0.921 bits per heavy atom. The Kier molecular flexibility index (Phi) is 6.21. The van der Waals surface area contributed by atoms with Crippen LogP contribution in [0.5, 0.6) is 0 Å². The monoisotopic (exact) mass is 509 g/mol. The Morgan fingerprint density at radius 2 is 1.55 bits per heavy atom. The van der Waals surface area contributed by atoms with Gasteiger partial charge in [-0.2, -0.15) is 0 Å². The van der Waals surface area contributed by atoms with Crippen LogP contribution in [0.2, 0.25) is 0 Å². The van der Waals surface area contributed by atoms with Gasteiger partial charge in [0, 0.05) is 11.4 Å². The van der Waals surface area contributed by atoms with E-state index in [4.69, 9.17) is 4.74 Å². The lowest BCUT2D eigenvalue weighted by Gasteiger charge is -2.34. The number of nitrogens with zero attached hydrogens (tertiary/aromatic N) is 2. The lowest BCUT2D eigenvalue weighted by atomic mass is 9.88. The molecule has 1 aliphatic heterocycles. The number of benzene rings is 3. The van der Waals surface area contributed by atoms with Crippen LogP contribution in [0.15, 0.2) is 96.2 Å². The number of aromatic nitrogens is 2. The van der Waals surface area contributed by atoms with Crippen LogP contribution < -0.4 is 15.5 Å². The molecular weight excluding hydrogens is 486 g/mol. The number of anilines is 3. The van der Waals surface area contributed by atoms with Crippen LogP contribution in [0.1, 0.15) is 6.92 Å². The molecule has 5 rings (SSSR count). The van der Waals surface area contributed by atoms with E-state index in [1.807, 2.05) is 6.07 Å². The fourth-order valence-electron chi connectivity index (χ4n) is 4.53. The van der Waals surface area contributed by atoms with Gasteiger partial charge in [0.05, 0.1) is 23.7 Å². The van der Waals surface area contributed by atoms with E-state index in [0.717, 1.165) is 12.0 Å². The number of methoxy groups -OCH3 is 1. The van der Waals surface area contributed by atoms with Crippen molar-refractivity contribution in [2.45, 2.75) is 12.5 Å². The standard InChI is InChI=1S/C28H23N5O5/c1-28(26(37)38-2)21(23(34)24(35)29-17-11-5-3-6-12-17)22(25(36)33(28)18-13-7-4-8-14-18)32-27-30-19-15-9-10-16-20(19)31-27/h3-16H,1-2H3,(H,29,35)(H2,30,31,32)/t28-/m0/s1. The van der Waals surface area contributed by atoms with Gasteiger partial charge in [-0.25, -0.2) is 9.78 Å². The summed E-state index contributed by atoms with van der Waals surface area (Å²) < 4.78 is 5.06. The maximum Gasteiger partial charge on any atom is 0.336 e. The summed E-state index contributed by atoms with van der Waals surface area (Å²) in [5.74, 6) is -3.54. The third-order valence-electron chi connectivity index (χ3n) is 6.30. The molecular formula is C28H23N5O5. The Bertz CT molecular complexity index is 1560. The van der Waals surface area contributed by atoms with Crippen molar-refractivity contribution in [3.05, 3.63) is 96.2 Å². The van der Waals surface area contributed by atoms with Crippen LogP contribution >= 0.6 is 0 Å². The van der Waals surface area contributed by atoms with Gasteiger partial charge in [-0.05, 0) is 43.3 Å². The molecule has 2 heterocycles. The van der Waals surface area contributed by atoms with Gasteiger partial charge in [-0.3, -0.25) is 19.3 Å². The first-order valence-electron chi connectivity index (χ1n) is 11.7. The first kappa shape index (κ1) is 24.4. The van der Waals surface area contributed by atoms with Crippen LogP contribution in [0.25, 0.3) is 11.0 Å². The molecule has 0 fully saturated rings. The number of ether oxygens (including phenoxy) is 1. The molecule has 2 amide bonds. The van der Waals surface area contributed by atoms with Gasteiger partial charge in [0.2, 0.25) is 5.95 Å². The maximum absolute atomic E-state index is 13.9. The summed E-state index contributed by atoms with van der Waals surface area (Å²) in [7, 11) is 1.15. The number of rotatable bonds is 7. The second-order valence-corrected chi connectivity index (χ2v) is 8.67. The number of carbonyl (C=O) groups is 4. The van der Waals surface area contributed by atoms with Crippen molar-refractivity contribution in [2.24, 2.45) is 0 Å².